The standard InChI is InChI=1S/C17H17FN4O5S/c1-9(23)13-8-27-16-14(28(25,26)21-13)7-22(2)15(16)17(24)20-11-3-4-12(18)10(5-11)6-19/h3-5,7,9,13,21,23H,8H2,1-2H3,(H,20,24)/t9-,13-/m0/s1. The first-order valence-corrected chi connectivity index (χ1v) is 9.66. The number of carbonyl (C=O) groups excluding carboxylic acids is 1. The number of fused-ring (bicyclic) bond motifs is 1. The van der Waals surface area contributed by atoms with Crippen LogP contribution in [0, 0.1) is 17.1 Å². The number of nitriles is 1. The molecule has 3 N–H and O–H groups in total. The van der Waals surface area contributed by atoms with E-state index in [1.165, 1.54) is 30.8 Å². The quantitative estimate of drug-likeness (QED) is 0.685. The average molecular weight is 408 g/mol. The zero-order chi connectivity index (χ0) is 20.6. The molecule has 2 aromatic rings. The number of hydrogen-bond acceptors (Lipinski definition) is 6. The molecule has 2 heterocycles. The molecule has 2 atom stereocenters. The minimum Gasteiger partial charge on any atom is -0.488 e. The SMILES string of the molecule is C[C@H](O)[C@@H]1COc2c(cn(C)c2C(=O)Nc2ccc(F)c(C#N)c2)S(=O)(=O)N1. The third kappa shape index (κ3) is 3.57. The molecule has 1 amide bonds. The first kappa shape index (κ1) is 19.8. The number of rotatable bonds is 3. The maximum Gasteiger partial charge on any atom is 0.276 e. The van der Waals surface area contributed by atoms with E-state index >= 15 is 0 Å². The van der Waals surface area contributed by atoms with Crippen LogP contribution in [-0.4, -0.2) is 42.8 Å². The Morgan fingerprint density at radius 3 is 2.89 bits per heavy atom. The van der Waals surface area contributed by atoms with Crippen LogP contribution in [0.4, 0.5) is 10.1 Å². The van der Waals surface area contributed by atoms with Gasteiger partial charge in [0.05, 0.1) is 17.7 Å². The van der Waals surface area contributed by atoms with E-state index in [0.29, 0.717) is 0 Å². The number of halogens is 1. The second-order valence-corrected chi connectivity index (χ2v) is 8.00. The molecular formula is C17H17FN4O5S. The summed E-state index contributed by atoms with van der Waals surface area (Å²) in [7, 11) is -2.55. The Kier molecular flexibility index (Phi) is 5.12. The van der Waals surface area contributed by atoms with Gasteiger partial charge in [0.1, 0.15) is 23.4 Å². The number of benzene rings is 1. The van der Waals surface area contributed by atoms with Crippen LogP contribution in [0.5, 0.6) is 5.75 Å². The van der Waals surface area contributed by atoms with E-state index in [0.717, 1.165) is 12.1 Å². The molecular weight excluding hydrogens is 391 g/mol. The van der Waals surface area contributed by atoms with E-state index in [1.54, 1.807) is 6.07 Å². The number of nitrogens with zero attached hydrogens (tertiary/aromatic N) is 2. The summed E-state index contributed by atoms with van der Waals surface area (Å²) in [6, 6.07) is 4.27. The van der Waals surface area contributed by atoms with Crippen molar-refractivity contribution in [1.29, 1.82) is 5.26 Å². The molecule has 0 aliphatic carbocycles. The summed E-state index contributed by atoms with van der Waals surface area (Å²) in [5, 5.41) is 21.1. The number of ether oxygens (including phenoxy) is 1. The number of aromatic nitrogens is 1. The van der Waals surface area contributed by atoms with Crippen LogP contribution in [0.15, 0.2) is 29.3 Å². The third-order valence-electron chi connectivity index (χ3n) is 4.25. The predicted molar refractivity (Wildman–Crippen MR) is 95.8 cm³/mol. The number of hydrogen-bond donors (Lipinski definition) is 3. The Morgan fingerprint density at radius 1 is 1.54 bits per heavy atom. The maximum atomic E-state index is 13.4. The molecule has 9 nitrogen and oxygen atoms in total. The van der Waals surface area contributed by atoms with Gasteiger partial charge in [0.15, 0.2) is 11.4 Å². The van der Waals surface area contributed by atoms with E-state index in [-0.39, 0.29) is 34.2 Å². The summed E-state index contributed by atoms with van der Waals surface area (Å²) >= 11 is 0. The van der Waals surface area contributed by atoms with Gasteiger partial charge in [-0.1, -0.05) is 0 Å². The van der Waals surface area contributed by atoms with Crippen molar-refractivity contribution in [3.05, 3.63) is 41.5 Å². The van der Waals surface area contributed by atoms with Crippen LogP contribution in [0.25, 0.3) is 0 Å². The van der Waals surface area contributed by atoms with E-state index < -0.39 is 33.9 Å². The van der Waals surface area contributed by atoms with E-state index in [9.17, 15) is 22.7 Å². The number of carbonyl (C=O) groups is 1. The van der Waals surface area contributed by atoms with Crippen LogP contribution >= 0.6 is 0 Å². The molecule has 0 saturated heterocycles. The highest BCUT2D eigenvalue weighted by atomic mass is 32.2. The molecule has 0 saturated carbocycles. The fourth-order valence-corrected chi connectivity index (χ4v) is 4.24. The number of amides is 1. The van der Waals surface area contributed by atoms with Gasteiger partial charge in [0.2, 0.25) is 10.0 Å². The van der Waals surface area contributed by atoms with Crippen molar-refractivity contribution in [3.8, 4) is 11.8 Å². The van der Waals surface area contributed by atoms with Gasteiger partial charge in [-0.05, 0) is 25.1 Å². The highest BCUT2D eigenvalue weighted by Gasteiger charge is 2.35. The highest BCUT2D eigenvalue weighted by Crippen LogP contribution is 2.33. The molecule has 1 aromatic heterocycles. The van der Waals surface area contributed by atoms with Crippen molar-refractivity contribution < 1.29 is 27.4 Å². The molecule has 1 aromatic carbocycles. The van der Waals surface area contributed by atoms with Crippen molar-refractivity contribution in [2.45, 2.75) is 24.0 Å². The van der Waals surface area contributed by atoms with Crippen LogP contribution in [-0.2, 0) is 17.1 Å². The van der Waals surface area contributed by atoms with Gasteiger partial charge in [0, 0.05) is 18.9 Å². The van der Waals surface area contributed by atoms with E-state index in [4.69, 9.17) is 10.00 Å². The van der Waals surface area contributed by atoms with Gasteiger partial charge in [-0.3, -0.25) is 4.79 Å². The Bertz CT molecular complexity index is 1090. The molecule has 0 spiro atoms. The normalized spacial score (nSPS) is 18.9. The fourth-order valence-electron chi connectivity index (χ4n) is 2.76. The van der Waals surface area contributed by atoms with Crippen molar-refractivity contribution in [2.24, 2.45) is 7.05 Å². The van der Waals surface area contributed by atoms with Crippen LogP contribution in [0.3, 0.4) is 0 Å². The lowest BCUT2D eigenvalue weighted by Gasteiger charge is -2.18. The molecule has 28 heavy (non-hydrogen) atoms. The summed E-state index contributed by atoms with van der Waals surface area (Å²) < 4.78 is 47.7. The number of aliphatic hydroxyl groups is 1. The average Bonchev–Trinajstić information content (AvgIpc) is 2.90. The summed E-state index contributed by atoms with van der Waals surface area (Å²) in [6.07, 6.45) is 0.218. The molecule has 0 fully saturated rings. The van der Waals surface area contributed by atoms with Gasteiger partial charge in [-0.15, -0.1) is 0 Å². The van der Waals surface area contributed by atoms with Gasteiger partial charge in [-0.2, -0.15) is 5.26 Å². The van der Waals surface area contributed by atoms with E-state index in [1.807, 2.05) is 0 Å². The Morgan fingerprint density at radius 2 is 2.25 bits per heavy atom. The van der Waals surface area contributed by atoms with Crippen molar-refractivity contribution in [3.63, 3.8) is 0 Å². The monoisotopic (exact) mass is 408 g/mol. The largest absolute Gasteiger partial charge is 0.488 e. The molecule has 0 radical (unpaired) electrons. The summed E-state index contributed by atoms with van der Waals surface area (Å²) in [5.41, 5.74) is -0.157. The summed E-state index contributed by atoms with van der Waals surface area (Å²) in [5.74, 6) is -1.58. The molecule has 11 heteroatoms. The van der Waals surface area contributed by atoms with Crippen LogP contribution in [0.1, 0.15) is 23.0 Å². The number of nitrogens with one attached hydrogen (secondary N) is 2. The Hall–Kier alpha value is -2.94. The van der Waals surface area contributed by atoms with Crippen molar-refractivity contribution >= 4 is 21.6 Å². The first-order chi connectivity index (χ1) is 13.1. The van der Waals surface area contributed by atoms with E-state index in [2.05, 4.69) is 10.0 Å². The molecule has 0 bridgehead atoms. The molecule has 1 aliphatic rings. The predicted octanol–water partition coefficient (Wildman–Crippen LogP) is 0.708. The second-order valence-electron chi connectivity index (χ2n) is 6.32. The second kappa shape index (κ2) is 7.23. The summed E-state index contributed by atoms with van der Waals surface area (Å²) in [4.78, 5) is 12.5. The summed E-state index contributed by atoms with van der Waals surface area (Å²) in [6.45, 7) is 1.24. The number of sulfonamides is 1. The minimum absolute atomic E-state index is 0.0746. The van der Waals surface area contributed by atoms with Crippen LogP contribution < -0.4 is 14.8 Å². The molecule has 0 unspecified atom stereocenters. The van der Waals surface area contributed by atoms with Crippen molar-refractivity contribution in [1.82, 2.24) is 9.29 Å². The molecule has 3 rings (SSSR count). The number of anilines is 1. The van der Waals surface area contributed by atoms with Gasteiger partial charge < -0.3 is 19.7 Å². The minimum atomic E-state index is -4.03. The lowest BCUT2D eigenvalue weighted by atomic mass is 10.2. The number of aryl methyl sites for hydroxylation is 1. The van der Waals surface area contributed by atoms with Gasteiger partial charge in [0.25, 0.3) is 5.91 Å². The zero-order valence-electron chi connectivity index (χ0n) is 14.9. The smallest absolute Gasteiger partial charge is 0.276 e. The first-order valence-electron chi connectivity index (χ1n) is 8.17. The molecule has 148 valence electrons. The lowest BCUT2D eigenvalue weighted by Crippen LogP contribution is -2.44. The van der Waals surface area contributed by atoms with Gasteiger partial charge >= 0.3 is 0 Å². The number of aliphatic hydroxyl groups excluding tert-OH is 1. The third-order valence-corrected chi connectivity index (χ3v) is 5.73. The van der Waals surface area contributed by atoms with Crippen molar-refractivity contribution in [2.75, 3.05) is 11.9 Å². The Balaban J connectivity index is 1.98. The van der Waals surface area contributed by atoms with Crippen LogP contribution in [0.2, 0.25) is 0 Å². The lowest BCUT2D eigenvalue weighted by molar-refractivity contribution is 0.100. The topological polar surface area (TPSA) is 133 Å². The fraction of sp³-hybridized carbons (Fsp3) is 0.294. The highest BCUT2D eigenvalue weighted by molar-refractivity contribution is 7.89. The maximum absolute atomic E-state index is 13.4. The Labute approximate surface area is 160 Å². The molecule has 1 aliphatic heterocycles. The zero-order valence-corrected chi connectivity index (χ0v) is 15.7. The van der Waals surface area contributed by atoms with Gasteiger partial charge in [-0.25, -0.2) is 17.5 Å².